The molecule has 2 heterocycles. The zero-order chi connectivity index (χ0) is 24.0. The van der Waals surface area contributed by atoms with Crippen molar-refractivity contribution in [3.05, 3.63) is 82.0 Å². The van der Waals surface area contributed by atoms with Gasteiger partial charge in [0.2, 0.25) is 10.0 Å². The molecule has 1 aliphatic heterocycles. The summed E-state index contributed by atoms with van der Waals surface area (Å²) in [5.74, 6) is 0.726. The lowest BCUT2D eigenvalue weighted by Crippen LogP contribution is -2.48. The summed E-state index contributed by atoms with van der Waals surface area (Å²) in [5.41, 5.74) is 1.59. The van der Waals surface area contributed by atoms with Crippen LogP contribution in [0, 0.1) is 0 Å². The van der Waals surface area contributed by atoms with Crippen LogP contribution in [0.5, 0.6) is 5.75 Å². The van der Waals surface area contributed by atoms with E-state index in [-0.39, 0.29) is 17.3 Å². The Labute approximate surface area is 205 Å². The number of amides is 1. The summed E-state index contributed by atoms with van der Waals surface area (Å²) in [7, 11) is -3.70. The van der Waals surface area contributed by atoms with Gasteiger partial charge in [0.25, 0.3) is 5.91 Å². The minimum atomic E-state index is -3.70. The first-order valence-corrected chi connectivity index (χ1v) is 13.7. The van der Waals surface area contributed by atoms with Crippen molar-refractivity contribution in [3.63, 3.8) is 0 Å². The first kappa shape index (κ1) is 24.4. The van der Waals surface area contributed by atoms with Crippen molar-refractivity contribution in [1.82, 2.24) is 14.5 Å². The summed E-state index contributed by atoms with van der Waals surface area (Å²) in [6.07, 6.45) is 0. The fraction of sp³-hybridized carbons (Fsp3) is 0.320. The molecule has 0 spiro atoms. The molecule has 7 nitrogen and oxygen atoms in total. The topological polar surface area (TPSA) is 79.0 Å². The summed E-state index contributed by atoms with van der Waals surface area (Å²) in [4.78, 5) is 18.2. The van der Waals surface area contributed by atoms with E-state index in [4.69, 9.17) is 4.74 Å². The van der Waals surface area contributed by atoms with Crippen molar-refractivity contribution < 1.29 is 17.9 Å². The van der Waals surface area contributed by atoms with E-state index < -0.39 is 10.0 Å². The lowest BCUT2D eigenvalue weighted by molar-refractivity contribution is 0.0628. The highest BCUT2D eigenvalue weighted by atomic mass is 32.2. The summed E-state index contributed by atoms with van der Waals surface area (Å²) >= 11 is 1.49. The molecule has 1 aromatic heterocycles. The summed E-state index contributed by atoms with van der Waals surface area (Å²) in [6, 6.07) is 18.1. The zero-order valence-corrected chi connectivity index (χ0v) is 20.8. The largest absolute Gasteiger partial charge is 0.494 e. The minimum Gasteiger partial charge on any atom is -0.494 e. The number of carbonyl (C=O) groups excluding carboxylic acids is 1. The van der Waals surface area contributed by atoms with Gasteiger partial charge in [0.1, 0.15) is 5.75 Å². The van der Waals surface area contributed by atoms with E-state index in [1.807, 2.05) is 36.6 Å². The second kappa shape index (κ2) is 11.1. The molecule has 180 valence electrons. The van der Waals surface area contributed by atoms with E-state index in [1.54, 1.807) is 17.0 Å². The Morgan fingerprint density at radius 1 is 1.03 bits per heavy atom. The number of benzene rings is 2. The molecule has 0 radical (unpaired) electrons. The fourth-order valence-electron chi connectivity index (χ4n) is 3.87. The second-order valence-corrected chi connectivity index (χ2v) is 10.9. The lowest BCUT2D eigenvalue weighted by Gasteiger charge is -2.34. The maximum Gasteiger partial charge on any atom is 0.253 e. The van der Waals surface area contributed by atoms with Gasteiger partial charge in [-0.15, -0.1) is 11.3 Å². The molecule has 0 bridgehead atoms. The van der Waals surface area contributed by atoms with Gasteiger partial charge in [0.05, 0.1) is 11.5 Å². The van der Waals surface area contributed by atoms with E-state index in [2.05, 4.69) is 21.8 Å². The van der Waals surface area contributed by atoms with Crippen LogP contribution in [-0.4, -0.2) is 56.9 Å². The van der Waals surface area contributed by atoms with Gasteiger partial charge in [-0.1, -0.05) is 24.3 Å². The molecule has 9 heteroatoms. The number of hydrogen-bond donors (Lipinski definition) is 1. The molecule has 0 saturated carbocycles. The normalized spacial score (nSPS) is 14.8. The SMILES string of the molecule is CCOc1ccc(CN2CCN(C(=O)c3cccc(S(=O)(=O)NCc4cccs4)c3)CC2)cc1. The number of nitrogens with one attached hydrogen (secondary N) is 1. The molecule has 0 unspecified atom stereocenters. The van der Waals surface area contributed by atoms with Crippen LogP contribution in [0.4, 0.5) is 0 Å². The average molecular weight is 500 g/mol. The molecule has 1 saturated heterocycles. The van der Waals surface area contributed by atoms with Crippen molar-refractivity contribution >= 4 is 27.3 Å². The Kier molecular flexibility index (Phi) is 7.99. The molecule has 1 fully saturated rings. The molecule has 0 atom stereocenters. The van der Waals surface area contributed by atoms with Crippen molar-refractivity contribution in [2.45, 2.75) is 24.9 Å². The number of hydrogen-bond acceptors (Lipinski definition) is 6. The standard InChI is InChI=1S/C25H29N3O4S2/c1-2-32-22-10-8-20(9-11-22)19-27-12-14-28(15-13-27)25(29)21-5-3-7-24(17-21)34(30,31)26-18-23-6-4-16-33-23/h3-11,16-17,26H,2,12-15,18-19H2,1H3. The van der Waals surface area contributed by atoms with Crippen LogP contribution in [-0.2, 0) is 23.1 Å². The van der Waals surface area contributed by atoms with Gasteiger partial charge >= 0.3 is 0 Å². The molecular formula is C25H29N3O4S2. The minimum absolute atomic E-state index is 0.101. The molecule has 1 N–H and O–H groups in total. The molecule has 3 aromatic rings. The van der Waals surface area contributed by atoms with Gasteiger partial charge in [0.15, 0.2) is 0 Å². The molecule has 0 aliphatic carbocycles. The van der Waals surface area contributed by atoms with Crippen LogP contribution < -0.4 is 9.46 Å². The number of thiophene rings is 1. The molecule has 4 rings (SSSR count). The first-order chi connectivity index (χ1) is 16.4. The lowest BCUT2D eigenvalue weighted by atomic mass is 10.1. The van der Waals surface area contributed by atoms with Gasteiger partial charge in [-0.25, -0.2) is 13.1 Å². The van der Waals surface area contributed by atoms with Gasteiger partial charge in [-0.05, 0) is 54.3 Å². The Balaban J connectivity index is 1.33. The van der Waals surface area contributed by atoms with E-state index in [9.17, 15) is 13.2 Å². The number of nitrogens with zero attached hydrogens (tertiary/aromatic N) is 2. The Morgan fingerprint density at radius 2 is 1.79 bits per heavy atom. The van der Waals surface area contributed by atoms with E-state index in [1.165, 1.54) is 29.0 Å². The summed E-state index contributed by atoms with van der Waals surface area (Å²) in [5, 5.41) is 1.90. The van der Waals surface area contributed by atoms with E-state index in [0.717, 1.165) is 30.3 Å². The van der Waals surface area contributed by atoms with Gasteiger partial charge in [-0.2, -0.15) is 0 Å². The Morgan fingerprint density at radius 3 is 2.47 bits per heavy atom. The van der Waals surface area contributed by atoms with Crippen molar-refractivity contribution in [3.8, 4) is 5.75 Å². The third-order valence-corrected chi connectivity index (χ3v) is 7.98. The van der Waals surface area contributed by atoms with Crippen molar-refractivity contribution in [2.75, 3.05) is 32.8 Å². The number of rotatable bonds is 9. The third-order valence-electron chi connectivity index (χ3n) is 5.71. The maximum atomic E-state index is 13.1. The molecule has 1 amide bonds. The smallest absolute Gasteiger partial charge is 0.253 e. The summed E-state index contributed by atoms with van der Waals surface area (Å²) < 4.78 is 33.5. The monoisotopic (exact) mass is 499 g/mol. The van der Waals surface area contributed by atoms with Crippen LogP contribution in [0.25, 0.3) is 0 Å². The predicted octanol–water partition coefficient (Wildman–Crippen LogP) is 3.58. The van der Waals surface area contributed by atoms with Crippen molar-refractivity contribution in [1.29, 1.82) is 0 Å². The Bertz CT molecular complexity index is 1190. The molecule has 2 aromatic carbocycles. The van der Waals surface area contributed by atoms with Crippen LogP contribution in [0.15, 0.2) is 70.9 Å². The third kappa shape index (κ3) is 6.24. The quantitative estimate of drug-likeness (QED) is 0.487. The van der Waals surface area contributed by atoms with Gasteiger partial charge in [0, 0.05) is 49.7 Å². The fourth-order valence-corrected chi connectivity index (χ4v) is 5.65. The van der Waals surface area contributed by atoms with Crippen LogP contribution in [0.3, 0.4) is 0 Å². The highest BCUT2D eigenvalue weighted by Crippen LogP contribution is 2.18. The molecular weight excluding hydrogens is 470 g/mol. The molecule has 34 heavy (non-hydrogen) atoms. The zero-order valence-electron chi connectivity index (χ0n) is 19.1. The van der Waals surface area contributed by atoms with Gasteiger partial charge < -0.3 is 9.64 Å². The second-order valence-electron chi connectivity index (χ2n) is 8.08. The Hall–Kier alpha value is -2.72. The van der Waals surface area contributed by atoms with Gasteiger partial charge in [-0.3, -0.25) is 9.69 Å². The highest BCUT2D eigenvalue weighted by Gasteiger charge is 2.24. The van der Waals surface area contributed by atoms with Crippen molar-refractivity contribution in [2.24, 2.45) is 0 Å². The predicted molar refractivity (Wildman–Crippen MR) is 134 cm³/mol. The number of piperazine rings is 1. The summed E-state index contributed by atoms with van der Waals surface area (Å²) in [6.45, 7) is 6.39. The number of carbonyl (C=O) groups is 1. The highest BCUT2D eigenvalue weighted by molar-refractivity contribution is 7.89. The van der Waals surface area contributed by atoms with E-state index in [0.29, 0.717) is 25.3 Å². The van der Waals surface area contributed by atoms with Crippen LogP contribution in [0.2, 0.25) is 0 Å². The maximum absolute atomic E-state index is 13.1. The van der Waals surface area contributed by atoms with Crippen LogP contribution >= 0.6 is 11.3 Å². The average Bonchev–Trinajstić information content (AvgIpc) is 3.38. The van der Waals surface area contributed by atoms with Crippen LogP contribution in [0.1, 0.15) is 27.7 Å². The number of ether oxygens (including phenoxy) is 1. The first-order valence-electron chi connectivity index (χ1n) is 11.3. The van der Waals surface area contributed by atoms with E-state index >= 15 is 0 Å². The molecule has 1 aliphatic rings. The number of sulfonamides is 1.